The minimum atomic E-state index is 0.197. The van der Waals surface area contributed by atoms with Crippen molar-refractivity contribution < 1.29 is 0 Å². The van der Waals surface area contributed by atoms with E-state index < -0.39 is 0 Å². The molecular formula is C19H24ClN. The van der Waals surface area contributed by atoms with E-state index in [1.807, 2.05) is 6.07 Å². The SMILES string of the molecule is CCCNC(c1cc(C)cc(Cl)c1)c1cccc(C)c1C. The minimum absolute atomic E-state index is 0.197. The second kappa shape index (κ2) is 7.11. The topological polar surface area (TPSA) is 12.0 Å². The molecule has 0 radical (unpaired) electrons. The van der Waals surface area contributed by atoms with Crippen LogP contribution in [0.1, 0.15) is 47.2 Å². The first-order valence-corrected chi connectivity index (χ1v) is 7.97. The average Bonchev–Trinajstić information content (AvgIpc) is 2.42. The summed E-state index contributed by atoms with van der Waals surface area (Å²) in [5.74, 6) is 0. The molecule has 21 heavy (non-hydrogen) atoms. The Morgan fingerprint density at radius 2 is 1.86 bits per heavy atom. The van der Waals surface area contributed by atoms with Gasteiger partial charge in [0.2, 0.25) is 0 Å². The molecule has 2 aromatic carbocycles. The van der Waals surface area contributed by atoms with E-state index >= 15 is 0 Å². The summed E-state index contributed by atoms with van der Waals surface area (Å²) in [7, 11) is 0. The van der Waals surface area contributed by atoms with Gasteiger partial charge in [0.05, 0.1) is 6.04 Å². The second-order valence-corrected chi connectivity index (χ2v) is 6.17. The van der Waals surface area contributed by atoms with Gasteiger partial charge in [0.1, 0.15) is 0 Å². The molecule has 1 unspecified atom stereocenters. The summed E-state index contributed by atoms with van der Waals surface area (Å²) in [5, 5.41) is 4.47. The zero-order valence-electron chi connectivity index (χ0n) is 13.3. The van der Waals surface area contributed by atoms with Crippen molar-refractivity contribution in [2.45, 2.75) is 40.2 Å². The molecule has 2 heteroatoms. The van der Waals surface area contributed by atoms with E-state index in [4.69, 9.17) is 11.6 Å². The molecule has 0 spiro atoms. The van der Waals surface area contributed by atoms with Crippen LogP contribution in [0.3, 0.4) is 0 Å². The predicted octanol–water partition coefficient (Wildman–Crippen LogP) is 5.35. The number of aryl methyl sites for hydroxylation is 2. The number of halogens is 1. The van der Waals surface area contributed by atoms with Crippen LogP contribution in [0.4, 0.5) is 0 Å². The summed E-state index contributed by atoms with van der Waals surface area (Å²) in [4.78, 5) is 0. The summed E-state index contributed by atoms with van der Waals surface area (Å²) < 4.78 is 0. The van der Waals surface area contributed by atoms with Crippen molar-refractivity contribution in [3.8, 4) is 0 Å². The third-order valence-electron chi connectivity index (χ3n) is 3.95. The van der Waals surface area contributed by atoms with Crippen LogP contribution in [0.2, 0.25) is 5.02 Å². The molecule has 1 atom stereocenters. The Hall–Kier alpha value is -1.31. The van der Waals surface area contributed by atoms with Crippen LogP contribution in [0, 0.1) is 20.8 Å². The third kappa shape index (κ3) is 3.87. The molecule has 0 aromatic heterocycles. The molecular weight excluding hydrogens is 278 g/mol. The monoisotopic (exact) mass is 301 g/mol. The van der Waals surface area contributed by atoms with Gasteiger partial charge in [-0.25, -0.2) is 0 Å². The Labute approximate surface area is 133 Å². The van der Waals surface area contributed by atoms with E-state index in [0.29, 0.717) is 0 Å². The highest BCUT2D eigenvalue weighted by Crippen LogP contribution is 2.29. The first kappa shape index (κ1) is 16.1. The highest BCUT2D eigenvalue weighted by molar-refractivity contribution is 6.30. The maximum Gasteiger partial charge on any atom is 0.0580 e. The summed E-state index contributed by atoms with van der Waals surface area (Å²) in [6.07, 6.45) is 1.11. The van der Waals surface area contributed by atoms with Crippen LogP contribution < -0.4 is 5.32 Å². The van der Waals surface area contributed by atoms with E-state index in [1.54, 1.807) is 0 Å². The zero-order chi connectivity index (χ0) is 15.4. The lowest BCUT2D eigenvalue weighted by atomic mass is 9.92. The Morgan fingerprint density at radius 1 is 1.10 bits per heavy atom. The van der Waals surface area contributed by atoms with Crippen LogP contribution in [-0.2, 0) is 0 Å². The molecule has 112 valence electrons. The molecule has 0 fully saturated rings. The van der Waals surface area contributed by atoms with Crippen LogP contribution in [0.5, 0.6) is 0 Å². The smallest absolute Gasteiger partial charge is 0.0580 e. The fourth-order valence-electron chi connectivity index (χ4n) is 2.71. The number of benzene rings is 2. The van der Waals surface area contributed by atoms with Crippen LogP contribution in [0.15, 0.2) is 36.4 Å². The largest absolute Gasteiger partial charge is 0.306 e. The fourth-order valence-corrected chi connectivity index (χ4v) is 3.01. The van der Waals surface area contributed by atoms with Gasteiger partial charge < -0.3 is 5.32 Å². The molecule has 0 saturated carbocycles. The molecule has 0 bridgehead atoms. The van der Waals surface area contributed by atoms with Crippen LogP contribution in [0.25, 0.3) is 0 Å². The molecule has 0 aliphatic carbocycles. The van der Waals surface area contributed by atoms with Crippen molar-refractivity contribution in [2.75, 3.05) is 6.54 Å². The van der Waals surface area contributed by atoms with Gasteiger partial charge in [-0.1, -0.05) is 42.8 Å². The van der Waals surface area contributed by atoms with Crippen molar-refractivity contribution >= 4 is 11.6 Å². The lowest BCUT2D eigenvalue weighted by Gasteiger charge is -2.23. The normalized spacial score (nSPS) is 12.4. The van der Waals surface area contributed by atoms with Gasteiger partial charge in [0.25, 0.3) is 0 Å². The fraction of sp³-hybridized carbons (Fsp3) is 0.368. The van der Waals surface area contributed by atoms with E-state index in [1.165, 1.54) is 27.8 Å². The molecule has 0 heterocycles. The van der Waals surface area contributed by atoms with Gasteiger partial charge >= 0.3 is 0 Å². The van der Waals surface area contributed by atoms with E-state index in [-0.39, 0.29) is 6.04 Å². The van der Waals surface area contributed by atoms with Gasteiger partial charge in [0, 0.05) is 5.02 Å². The number of nitrogens with one attached hydrogen (secondary N) is 1. The molecule has 0 saturated heterocycles. The highest BCUT2D eigenvalue weighted by Gasteiger charge is 2.17. The third-order valence-corrected chi connectivity index (χ3v) is 4.17. The molecule has 2 rings (SSSR count). The van der Waals surface area contributed by atoms with E-state index in [9.17, 15) is 0 Å². The van der Waals surface area contributed by atoms with Crippen LogP contribution in [-0.4, -0.2) is 6.54 Å². The Bertz CT molecular complexity index is 599. The van der Waals surface area contributed by atoms with E-state index in [2.05, 4.69) is 63.3 Å². The first-order valence-electron chi connectivity index (χ1n) is 7.59. The predicted molar refractivity (Wildman–Crippen MR) is 92.2 cm³/mol. The van der Waals surface area contributed by atoms with Gasteiger partial charge in [0.15, 0.2) is 0 Å². The molecule has 0 aliphatic heterocycles. The van der Waals surface area contributed by atoms with Gasteiger partial charge in [-0.2, -0.15) is 0 Å². The number of rotatable bonds is 5. The molecule has 1 N–H and O–H groups in total. The maximum atomic E-state index is 6.26. The van der Waals surface area contributed by atoms with Gasteiger partial charge in [-0.05, 0) is 73.7 Å². The maximum absolute atomic E-state index is 6.26. The van der Waals surface area contributed by atoms with Crippen molar-refractivity contribution in [1.29, 1.82) is 0 Å². The van der Waals surface area contributed by atoms with Crippen LogP contribution >= 0.6 is 11.6 Å². The lowest BCUT2D eigenvalue weighted by molar-refractivity contribution is 0.595. The van der Waals surface area contributed by atoms with Gasteiger partial charge in [-0.15, -0.1) is 0 Å². The minimum Gasteiger partial charge on any atom is -0.306 e. The Balaban J connectivity index is 2.49. The highest BCUT2D eigenvalue weighted by atomic mass is 35.5. The van der Waals surface area contributed by atoms with E-state index in [0.717, 1.165) is 18.0 Å². The quantitative estimate of drug-likeness (QED) is 0.784. The summed E-state index contributed by atoms with van der Waals surface area (Å²) in [6.45, 7) is 9.64. The van der Waals surface area contributed by atoms with Crippen molar-refractivity contribution in [3.05, 3.63) is 69.2 Å². The molecule has 2 aromatic rings. The van der Waals surface area contributed by atoms with Crippen molar-refractivity contribution in [1.82, 2.24) is 5.32 Å². The summed E-state index contributed by atoms with van der Waals surface area (Å²) >= 11 is 6.26. The average molecular weight is 302 g/mol. The lowest BCUT2D eigenvalue weighted by Crippen LogP contribution is -2.24. The second-order valence-electron chi connectivity index (χ2n) is 5.74. The Kier molecular flexibility index (Phi) is 5.44. The number of hydrogen-bond acceptors (Lipinski definition) is 1. The molecule has 1 nitrogen and oxygen atoms in total. The molecule has 0 amide bonds. The standard InChI is InChI=1S/C19H24ClN/c1-5-9-21-19(16-10-13(2)11-17(20)12-16)18-8-6-7-14(3)15(18)4/h6-8,10-12,19,21H,5,9H2,1-4H3. The Morgan fingerprint density at radius 3 is 2.52 bits per heavy atom. The molecule has 0 aliphatic rings. The van der Waals surface area contributed by atoms with Gasteiger partial charge in [-0.3, -0.25) is 0 Å². The van der Waals surface area contributed by atoms with Crippen molar-refractivity contribution in [3.63, 3.8) is 0 Å². The first-order chi connectivity index (χ1) is 10.0. The summed E-state index contributed by atoms with van der Waals surface area (Å²) in [5.41, 5.74) is 6.46. The number of hydrogen-bond donors (Lipinski definition) is 1. The summed E-state index contributed by atoms with van der Waals surface area (Å²) in [6, 6.07) is 13.0. The zero-order valence-corrected chi connectivity index (χ0v) is 14.1. The van der Waals surface area contributed by atoms with Crippen molar-refractivity contribution in [2.24, 2.45) is 0 Å².